The van der Waals surface area contributed by atoms with E-state index in [1.807, 2.05) is 25.1 Å². The normalized spacial score (nSPS) is 13.4. The molecule has 2 heterocycles. The lowest BCUT2D eigenvalue weighted by Gasteiger charge is -2.18. The van der Waals surface area contributed by atoms with Crippen LogP contribution in [0, 0.1) is 11.3 Å². The molecule has 11 nitrogen and oxygen atoms in total. The summed E-state index contributed by atoms with van der Waals surface area (Å²) >= 11 is 0. The number of carboxylic acid groups (broad SMARTS) is 1. The number of aliphatic hydroxyl groups is 1. The molecule has 0 aliphatic carbocycles. The summed E-state index contributed by atoms with van der Waals surface area (Å²) in [6.45, 7) is 2.04. The molecule has 0 radical (unpaired) electrons. The van der Waals surface area contributed by atoms with Gasteiger partial charge in [0.15, 0.2) is 0 Å². The van der Waals surface area contributed by atoms with E-state index in [0.29, 0.717) is 28.5 Å². The smallest absolute Gasteiger partial charge is 0.477 e. The zero-order valence-electron chi connectivity index (χ0n) is 22.6. The van der Waals surface area contributed by atoms with Gasteiger partial charge < -0.3 is 25.8 Å². The average Bonchev–Trinajstić information content (AvgIpc) is 3.29. The summed E-state index contributed by atoms with van der Waals surface area (Å²) in [7, 11) is -5.62. The summed E-state index contributed by atoms with van der Waals surface area (Å²) in [5.41, 5.74) is 2.20. The van der Waals surface area contributed by atoms with Gasteiger partial charge in [-0.15, -0.1) is 0 Å². The van der Waals surface area contributed by atoms with E-state index in [2.05, 4.69) is 10.3 Å². The molecule has 4 aromatic rings. The second-order valence-electron chi connectivity index (χ2n) is 9.91. The van der Waals surface area contributed by atoms with Crippen LogP contribution in [-0.2, 0) is 23.0 Å². The molecule has 0 fully saturated rings. The van der Waals surface area contributed by atoms with E-state index in [1.165, 1.54) is 39.8 Å². The van der Waals surface area contributed by atoms with Gasteiger partial charge in [-0.3, -0.25) is 4.72 Å². The first-order valence-corrected chi connectivity index (χ1v) is 14.3. The van der Waals surface area contributed by atoms with Gasteiger partial charge in [0.05, 0.1) is 11.7 Å². The molecule has 15 heteroatoms. The van der Waals surface area contributed by atoms with Crippen LogP contribution in [0.3, 0.4) is 0 Å². The van der Waals surface area contributed by atoms with Gasteiger partial charge >= 0.3 is 21.5 Å². The maximum Gasteiger partial charge on any atom is 0.516 e. The van der Waals surface area contributed by atoms with Gasteiger partial charge in [0.25, 0.3) is 0 Å². The Morgan fingerprint density at radius 2 is 1.91 bits per heavy atom. The molecule has 0 amide bonds. The highest BCUT2D eigenvalue weighted by molar-refractivity contribution is 7.93. The van der Waals surface area contributed by atoms with E-state index in [1.54, 1.807) is 12.1 Å². The fourth-order valence-electron chi connectivity index (χ4n) is 4.54. The third-order valence-corrected chi connectivity index (χ3v) is 7.77. The topological polar surface area (TPSA) is 183 Å². The molecule has 0 bridgehead atoms. The van der Waals surface area contributed by atoms with E-state index in [0.717, 1.165) is 11.6 Å². The number of aromatic carboxylic acids is 1. The number of carboxylic acids is 1. The highest BCUT2D eigenvalue weighted by Crippen LogP contribution is 2.27. The van der Waals surface area contributed by atoms with Crippen LogP contribution in [-0.4, -0.2) is 52.2 Å². The van der Waals surface area contributed by atoms with Crippen LogP contribution in [0.5, 0.6) is 0 Å². The number of nitrogens with two attached hydrogens (primary N) is 1. The molecule has 2 aromatic carbocycles. The zero-order valence-corrected chi connectivity index (χ0v) is 23.4. The number of aromatic nitrogens is 2. The van der Waals surface area contributed by atoms with Gasteiger partial charge in [-0.05, 0) is 60.9 Å². The number of benzene rings is 2. The number of aliphatic hydroxyl groups excluding tert-OH is 1. The van der Waals surface area contributed by atoms with Crippen LogP contribution >= 0.6 is 0 Å². The molecule has 6 N–H and O–H groups in total. The van der Waals surface area contributed by atoms with Crippen molar-refractivity contribution in [1.82, 2.24) is 14.9 Å². The molecule has 43 heavy (non-hydrogen) atoms. The standard InChI is InChI=1S/C28H27F3N6O5S/c1-16(34-14-25(38)21-10-20(12-32)26(33)35-13-21)7-17-5-6-23-19(8-17)11-24(27(39)40)37(23)15-18-3-2-4-22(9-18)36-43(41,42)28(29,30)31/h2-6,8-11,13,16,25,34,36,38H,7,14-15H2,1H3,(H2,33,35)(H,39,40). The zero-order chi connectivity index (χ0) is 31.5. The second-order valence-corrected chi connectivity index (χ2v) is 11.6. The molecule has 226 valence electrons. The number of hydrogen-bond acceptors (Lipinski definition) is 8. The largest absolute Gasteiger partial charge is 0.516 e. The van der Waals surface area contributed by atoms with Gasteiger partial charge in [0.1, 0.15) is 17.6 Å². The van der Waals surface area contributed by atoms with Crippen molar-refractivity contribution in [2.75, 3.05) is 17.0 Å². The molecule has 0 spiro atoms. The number of fused-ring (bicyclic) bond motifs is 1. The Kier molecular flexibility index (Phi) is 8.95. The number of rotatable bonds is 11. The van der Waals surface area contributed by atoms with Crippen molar-refractivity contribution < 1.29 is 36.6 Å². The first-order valence-electron chi connectivity index (χ1n) is 12.8. The molecule has 0 aliphatic rings. The fourth-order valence-corrected chi connectivity index (χ4v) is 5.10. The van der Waals surface area contributed by atoms with E-state index < -0.39 is 27.6 Å². The van der Waals surface area contributed by atoms with Crippen molar-refractivity contribution >= 4 is 38.4 Å². The minimum atomic E-state index is -5.62. The number of nitriles is 1. The number of halogens is 3. The van der Waals surface area contributed by atoms with Crippen molar-refractivity contribution in [3.8, 4) is 6.07 Å². The lowest BCUT2D eigenvalue weighted by Crippen LogP contribution is -2.32. The predicted molar refractivity (Wildman–Crippen MR) is 153 cm³/mol. The Morgan fingerprint density at radius 1 is 1.16 bits per heavy atom. The summed E-state index contributed by atoms with van der Waals surface area (Å²) < 4.78 is 64.3. The fraction of sp³-hybridized carbons (Fsp3) is 0.250. The van der Waals surface area contributed by atoms with Gasteiger partial charge in [-0.25, -0.2) is 9.78 Å². The molecule has 2 unspecified atom stereocenters. The molecule has 4 rings (SSSR count). The Balaban J connectivity index is 1.49. The summed E-state index contributed by atoms with van der Waals surface area (Å²) in [5, 5.41) is 33.3. The van der Waals surface area contributed by atoms with Gasteiger partial charge in [0, 0.05) is 47.5 Å². The summed E-state index contributed by atoms with van der Waals surface area (Å²) in [4.78, 5) is 16.0. The molecular formula is C28H27F3N6O5S. The third kappa shape index (κ3) is 7.23. The molecule has 0 saturated heterocycles. The minimum Gasteiger partial charge on any atom is -0.477 e. The van der Waals surface area contributed by atoms with Crippen LogP contribution in [0.15, 0.2) is 60.8 Å². The van der Waals surface area contributed by atoms with E-state index in [9.17, 15) is 36.6 Å². The minimum absolute atomic E-state index is 0.0462. The van der Waals surface area contributed by atoms with Crippen LogP contribution in [0.25, 0.3) is 10.9 Å². The first-order chi connectivity index (χ1) is 20.2. The van der Waals surface area contributed by atoms with Gasteiger partial charge in [0.2, 0.25) is 0 Å². The lowest BCUT2D eigenvalue weighted by molar-refractivity contribution is -0.0429. The van der Waals surface area contributed by atoms with Gasteiger partial charge in [-0.2, -0.15) is 26.9 Å². The van der Waals surface area contributed by atoms with Crippen molar-refractivity contribution in [2.24, 2.45) is 0 Å². The maximum atomic E-state index is 12.8. The highest BCUT2D eigenvalue weighted by Gasteiger charge is 2.46. The number of nitrogen functional groups attached to an aromatic ring is 1. The van der Waals surface area contributed by atoms with Crippen molar-refractivity contribution in [1.29, 1.82) is 5.26 Å². The van der Waals surface area contributed by atoms with E-state index in [4.69, 9.17) is 11.0 Å². The lowest BCUT2D eigenvalue weighted by atomic mass is 10.0. The number of nitrogens with one attached hydrogen (secondary N) is 2. The predicted octanol–water partition coefficient (Wildman–Crippen LogP) is 3.75. The number of alkyl halides is 3. The Bertz CT molecular complexity index is 1820. The average molecular weight is 617 g/mol. The maximum absolute atomic E-state index is 12.8. The van der Waals surface area contributed by atoms with Crippen LogP contribution in [0.1, 0.15) is 45.8 Å². The van der Waals surface area contributed by atoms with Crippen molar-refractivity contribution in [2.45, 2.75) is 37.5 Å². The third-order valence-electron chi connectivity index (χ3n) is 6.66. The number of hydrogen-bond donors (Lipinski definition) is 5. The number of nitrogens with zero attached hydrogens (tertiary/aromatic N) is 3. The summed E-state index contributed by atoms with van der Waals surface area (Å²) in [6, 6.07) is 15.4. The molecule has 0 aliphatic heterocycles. The van der Waals surface area contributed by atoms with E-state index >= 15 is 0 Å². The van der Waals surface area contributed by atoms with Gasteiger partial charge in [-0.1, -0.05) is 18.2 Å². The quantitative estimate of drug-likeness (QED) is 0.167. The molecule has 0 saturated carbocycles. The Morgan fingerprint density at radius 3 is 2.58 bits per heavy atom. The summed E-state index contributed by atoms with van der Waals surface area (Å²) in [5.74, 6) is -1.13. The number of pyridine rings is 1. The molecule has 2 aromatic heterocycles. The number of anilines is 2. The monoisotopic (exact) mass is 616 g/mol. The van der Waals surface area contributed by atoms with E-state index in [-0.39, 0.29) is 41.9 Å². The van der Waals surface area contributed by atoms with Crippen molar-refractivity contribution in [3.63, 3.8) is 0 Å². The molecular weight excluding hydrogens is 589 g/mol. The second kappa shape index (κ2) is 12.3. The number of carbonyl (C=O) groups is 1. The Hall–Kier alpha value is -4.65. The van der Waals surface area contributed by atoms with Crippen molar-refractivity contribution in [3.05, 3.63) is 88.7 Å². The highest BCUT2D eigenvalue weighted by atomic mass is 32.2. The number of sulfonamides is 1. The summed E-state index contributed by atoms with van der Waals surface area (Å²) in [6.07, 6.45) is 1.00. The Labute approximate surface area is 244 Å². The SMILES string of the molecule is CC(Cc1ccc2c(c1)cc(C(=O)O)n2Cc1cccc(NS(=O)(=O)C(F)(F)F)c1)NCC(O)c1cnc(N)c(C#N)c1. The van der Waals surface area contributed by atoms with Crippen LogP contribution < -0.4 is 15.8 Å². The first kappa shape index (κ1) is 31.3. The van der Waals surface area contributed by atoms with Crippen LogP contribution in [0.4, 0.5) is 24.7 Å². The molecule has 2 atom stereocenters. The van der Waals surface area contributed by atoms with Crippen LogP contribution in [0.2, 0.25) is 0 Å².